The predicted octanol–water partition coefficient (Wildman–Crippen LogP) is 5.93. The lowest BCUT2D eigenvalue weighted by Gasteiger charge is -2.31. The number of benzene rings is 3. The molecule has 5 rings (SSSR count). The van der Waals surface area contributed by atoms with Gasteiger partial charge in [-0.2, -0.15) is 0 Å². The molecule has 1 aliphatic heterocycles. The second-order valence-corrected chi connectivity index (χ2v) is 10.4. The highest BCUT2D eigenvalue weighted by Gasteiger charge is 2.44. The largest absolute Gasteiger partial charge is 0.354 e. The molecule has 39 heavy (non-hydrogen) atoms. The summed E-state index contributed by atoms with van der Waals surface area (Å²) in [5, 5.41) is 4.15. The molecule has 6 heteroatoms. The van der Waals surface area contributed by atoms with Crippen molar-refractivity contribution in [2.75, 3.05) is 26.2 Å². The number of fused-ring (bicyclic) bond motifs is 2. The summed E-state index contributed by atoms with van der Waals surface area (Å²) in [6.45, 7) is 11.7. The van der Waals surface area contributed by atoms with Crippen LogP contribution < -0.4 is 5.32 Å². The standard InChI is InChI=1S/C33H38N4O2/c1-5-36(6-2)21-11-20-34-32(38)23(4)37-31(25-12-7-8-13-26(25)33(37)39)29-27-14-9-10-15-28(27)35-30(29)24-18-16-22(3)17-19-24/h7-10,12-19,23,31,35H,5-6,11,20-21H2,1-4H3,(H,34,38)/t23-,31-/m1/s1. The zero-order chi connectivity index (χ0) is 27.5. The number of aromatic amines is 1. The van der Waals surface area contributed by atoms with Crippen LogP contribution in [0.15, 0.2) is 72.8 Å². The molecule has 0 spiro atoms. The van der Waals surface area contributed by atoms with Gasteiger partial charge in [0.05, 0.1) is 11.7 Å². The van der Waals surface area contributed by atoms with Crippen molar-refractivity contribution in [3.63, 3.8) is 0 Å². The lowest BCUT2D eigenvalue weighted by Crippen LogP contribution is -2.47. The van der Waals surface area contributed by atoms with Crippen molar-refractivity contribution in [3.05, 3.63) is 95.1 Å². The molecule has 3 aromatic carbocycles. The van der Waals surface area contributed by atoms with Crippen LogP contribution in [0.3, 0.4) is 0 Å². The van der Waals surface area contributed by atoms with E-state index in [-0.39, 0.29) is 11.8 Å². The summed E-state index contributed by atoms with van der Waals surface area (Å²) in [4.78, 5) is 35.1. The molecule has 1 aromatic heterocycles. The molecule has 4 aromatic rings. The number of carbonyl (C=O) groups is 2. The third-order valence-electron chi connectivity index (χ3n) is 8.00. The highest BCUT2D eigenvalue weighted by molar-refractivity contribution is 6.04. The second-order valence-electron chi connectivity index (χ2n) is 10.4. The maximum atomic E-state index is 13.9. The Morgan fingerprint density at radius 2 is 1.69 bits per heavy atom. The summed E-state index contributed by atoms with van der Waals surface area (Å²) < 4.78 is 0. The number of nitrogens with zero attached hydrogens (tertiary/aromatic N) is 2. The van der Waals surface area contributed by atoms with Gasteiger partial charge in [-0.15, -0.1) is 0 Å². The highest BCUT2D eigenvalue weighted by atomic mass is 16.2. The van der Waals surface area contributed by atoms with Gasteiger partial charge in [-0.25, -0.2) is 0 Å². The van der Waals surface area contributed by atoms with E-state index in [1.165, 1.54) is 5.56 Å². The normalized spacial score (nSPS) is 15.7. The van der Waals surface area contributed by atoms with E-state index in [0.717, 1.165) is 59.3 Å². The van der Waals surface area contributed by atoms with Crippen LogP contribution in [-0.2, 0) is 4.79 Å². The van der Waals surface area contributed by atoms with E-state index in [2.05, 4.69) is 72.4 Å². The lowest BCUT2D eigenvalue weighted by atomic mass is 9.92. The Bertz CT molecular complexity index is 1470. The summed E-state index contributed by atoms with van der Waals surface area (Å²) in [7, 11) is 0. The van der Waals surface area contributed by atoms with Gasteiger partial charge in [0.15, 0.2) is 0 Å². The topological polar surface area (TPSA) is 68.4 Å². The molecule has 0 unspecified atom stereocenters. The van der Waals surface area contributed by atoms with Crippen LogP contribution >= 0.6 is 0 Å². The van der Waals surface area contributed by atoms with Gasteiger partial charge in [-0.1, -0.05) is 80.1 Å². The Kier molecular flexibility index (Phi) is 7.84. The maximum Gasteiger partial charge on any atom is 0.255 e. The molecular weight excluding hydrogens is 484 g/mol. The highest BCUT2D eigenvalue weighted by Crippen LogP contribution is 2.46. The SMILES string of the molecule is CCN(CC)CCCNC(=O)[C@@H](C)N1C(=O)c2ccccc2[C@@H]1c1c(-c2ccc(C)cc2)[nH]c2ccccc12. The van der Waals surface area contributed by atoms with Crippen LogP contribution in [0.5, 0.6) is 0 Å². The Balaban J connectivity index is 1.54. The van der Waals surface area contributed by atoms with Gasteiger partial charge in [0.1, 0.15) is 6.04 Å². The first-order chi connectivity index (χ1) is 18.9. The first-order valence-electron chi connectivity index (χ1n) is 14.0. The summed E-state index contributed by atoms with van der Waals surface area (Å²) in [5.41, 5.74) is 6.83. The first-order valence-corrected chi connectivity index (χ1v) is 14.0. The molecule has 202 valence electrons. The summed E-state index contributed by atoms with van der Waals surface area (Å²) in [5.74, 6) is -0.237. The molecule has 0 bridgehead atoms. The van der Waals surface area contributed by atoms with Crippen molar-refractivity contribution in [2.24, 2.45) is 0 Å². The van der Waals surface area contributed by atoms with Crippen LogP contribution in [0, 0.1) is 6.92 Å². The summed E-state index contributed by atoms with van der Waals surface area (Å²) in [6.07, 6.45) is 0.873. The number of nitrogens with one attached hydrogen (secondary N) is 2. The Morgan fingerprint density at radius 3 is 2.44 bits per heavy atom. The predicted molar refractivity (Wildman–Crippen MR) is 158 cm³/mol. The van der Waals surface area contributed by atoms with Crippen molar-refractivity contribution in [3.8, 4) is 11.3 Å². The van der Waals surface area contributed by atoms with E-state index in [4.69, 9.17) is 0 Å². The fourth-order valence-electron chi connectivity index (χ4n) is 5.75. The van der Waals surface area contributed by atoms with Gasteiger partial charge in [-0.3, -0.25) is 9.59 Å². The van der Waals surface area contributed by atoms with Crippen LogP contribution in [0.4, 0.5) is 0 Å². The Morgan fingerprint density at radius 1 is 1.00 bits per heavy atom. The van der Waals surface area contributed by atoms with Crippen LogP contribution in [0.2, 0.25) is 0 Å². The molecule has 0 radical (unpaired) electrons. The molecule has 0 saturated heterocycles. The average molecular weight is 523 g/mol. The molecule has 0 saturated carbocycles. The molecular formula is C33H38N4O2. The van der Waals surface area contributed by atoms with Crippen molar-refractivity contribution in [1.82, 2.24) is 20.1 Å². The molecule has 0 aliphatic carbocycles. The average Bonchev–Trinajstić information content (AvgIpc) is 3.48. The number of carbonyl (C=O) groups excluding carboxylic acids is 2. The lowest BCUT2D eigenvalue weighted by molar-refractivity contribution is -0.125. The number of para-hydroxylation sites is 1. The Labute approximate surface area is 231 Å². The molecule has 2 amide bonds. The molecule has 2 N–H and O–H groups in total. The van der Waals surface area contributed by atoms with E-state index in [0.29, 0.717) is 12.1 Å². The molecule has 2 heterocycles. The van der Waals surface area contributed by atoms with Gasteiger partial charge in [-0.05, 0) is 63.2 Å². The fourth-order valence-corrected chi connectivity index (χ4v) is 5.75. The monoisotopic (exact) mass is 522 g/mol. The van der Waals surface area contributed by atoms with Crippen molar-refractivity contribution in [2.45, 2.75) is 46.2 Å². The van der Waals surface area contributed by atoms with Gasteiger partial charge < -0.3 is 20.1 Å². The van der Waals surface area contributed by atoms with Crippen LogP contribution in [0.25, 0.3) is 22.2 Å². The summed E-state index contributed by atoms with van der Waals surface area (Å²) >= 11 is 0. The second kappa shape index (κ2) is 11.5. The molecule has 1 aliphatic rings. The van der Waals surface area contributed by atoms with E-state index in [1.54, 1.807) is 4.90 Å². The van der Waals surface area contributed by atoms with E-state index >= 15 is 0 Å². The third kappa shape index (κ3) is 5.09. The van der Waals surface area contributed by atoms with Crippen molar-refractivity contribution < 1.29 is 9.59 Å². The van der Waals surface area contributed by atoms with Gasteiger partial charge >= 0.3 is 0 Å². The van der Waals surface area contributed by atoms with Crippen LogP contribution in [0.1, 0.15) is 60.3 Å². The van der Waals surface area contributed by atoms with E-state index < -0.39 is 12.1 Å². The fraction of sp³-hybridized carbons (Fsp3) is 0.333. The number of hydrogen-bond acceptors (Lipinski definition) is 3. The van der Waals surface area contributed by atoms with Crippen molar-refractivity contribution >= 4 is 22.7 Å². The van der Waals surface area contributed by atoms with E-state index in [1.807, 2.05) is 43.3 Å². The minimum Gasteiger partial charge on any atom is -0.354 e. The molecule has 6 nitrogen and oxygen atoms in total. The van der Waals surface area contributed by atoms with E-state index in [9.17, 15) is 9.59 Å². The number of aromatic nitrogens is 1. The Hall–Kier alpha value is -3.90. The minimum atomic E-state index is -0.636. The number of hydrogen-bond donors (Lipinski definition) is 2. The summed E-state index contributed by atoms with van der Waals surface area (Å²) in [6, 6.07) is 23.4. The smallest absolute Gasteiger partial charge is 0.255 e. The third-order valence-corrected chi connectivity index (χ3v) is 8.00. The van der Waals surface area contributed by atoms with Gasteiger partial charge in [0.2, 0.25) is 5.91 Å². The zero-order valence-electron chi connectivity index (χ0n) is 23.3. The number of rotatable bonds is 10. The maximum absolute atomic E-state index is 13.9. The number of aryl methyl sites for hydroxylation is 1. The zero-order valence-corrected chi connectivity index (χ0v) is 23.3. The molecule has 0 fully saturated rings. The number of amides is 2. The first kappa shape index (κ1) is 26.7. The van der Waals surface area contributed by atoms with Crippen LogP contribution in [-0.4, -0.2) is 58.8 Å². The quantitative estimate of drug-likeness (QED) is 0.254. The van der Waals surface area contributed by atoms with Gasteiger partial charge in [0, 0.05) is 28.6 Å². The number of H-pyrrole nitrogens is 1. The van der Waals surface area contributed by atoms with Crippen molar-refractivity contribution in [1.29, 1.82) is 0 Å². The molecule has 2 atom stereocenters. The minimum absolute atomic E-state index is 0.110. The van der Waals surface area contributed by atoms with Gasteiger partial charge in [0.25, 0.3) is 5.91 Å².